The summed E-state index contributed by atoms with van der Waals surface area (Å²) in [6.45, 7) is 3.18. The van der Waals surface area contributed by atoms with E-state index in [2.05, 4.69) is 57.4 Å². The summed E-state index contributed by atoms with van der Waals surface area (Å²) >= 11 is 3.48. The van der Waals surface area contributed by atoms with E-state index in [0.717, 1.165) is 23.9 Å². The Bertz CT molecular complexity index is 540. The molecule has 0 radical (unpaired) electrons. The van der Waals surface area contributed by atoms with Crippen LogP contribution in [0.4, 0.5) is 5.82 Å². The lowest BCUT2D eigenvalue weighted by Crippen LogP contribution is -2.24. The molecule has 1 heterocycles. The van der Waals surface area contributed by atoms with Gasteiger partial charge in [0.15, 0.2) is 0 Å². The maximum atomic E-state index is 5.76. The Labute approximate surface area is 128 Å². The normalized spacial score (nSPS) is 12.3. The van der Waals surface area contributed by atoms with E-state index >= 15 is 0 Å². The Morgan fingerprint density at radius 3 is 2.65 bits per heavy atom. The van der Waals surface area contributed by atoms with E-state index < -0.39 is 0 Å². The van der Waals surface area contributed by atoms with E-state index in [1.54, 1.807) is 6.20 Å². The van der Waals surface area contributed by atoms with Crippen molar-refractivity contribution in [3.63, 3.8) is 0 Å². The minimum Gasteiger partial charge on any atom is -0.384 e. The fourth-order valence-electron chi connectivity index (χ4n) is 2.18. The summed E-state index contributed by atoms with van der Waals surface area (Å²) in [5.41, 5.74) is 8.25. The van der Waals surface area contributed by atoms with Crippen LogP contribution < -0.4 is 11.1 Å². The number of hydrogen-bond donors (Lipinski definition) is 2. The van der Waals surface area contributed by atoms with E-state index in [4.69, 9.17) is 5.73 Å². The van der Waals surface area contributed by atoms with Crippen LogP contribution in [0.1, 0.15) is 30.5 Å². The Morgan fingerprint density at radius 1 is 1.25 bits per heavy atom. The molecule has 0 fully saturated rings. The van der Waals surface area contributed by atoms with Crippen LogP contribution in [0.3, 0.4) is 0 Å². The third-order valence-corrected chi connectivity index (χ3v) is 3.73. The van der Waals surface area contributed by atoms with Gasteiger partial charge in [-0.05, 0) is 54.8 Å². The molecule has 0 spiro atoms. The average Bonchev–Trinajstić information content (AvgIpc) is 2.44. The quantitative estimate of drug-likeness (QED) is 0.847. The van der Waals surface area contributed by atoms with E-state index in [1.165, 1.54) is 11.1 Å². The van der Waals surface area contributed by atoms with Gasteiger partial charge in [0, 0.05) is 16.7 Å². The number of hydrogen-bond acceptors (Lipinski definition) is 3. The highest BCUT2D eigenvalue weighted by Gasteiger charge is 2.11. The van der Waals surface area contributed by atoms with Crippen LogP contribution in [0.25, 0.3) is 0 Å². The van der Waals surface area contributed by atoms with Crippen molar-refractivity contribution in [1.29, 1.82) is 0 Å². The highest BCUT2D eigenvalue weighted by molar-refractivity contribution is 9.10. The molecule has 1 unspecified atom stereocenters. The van der Waals surface area contributed by atoms with Gasteiger partial charge in [0.1, 0.15) is 5.82 Å². The minimum absolute atomic E-state index is 0.296. The molecule has 0 saturated carbocycles. The van der Waals surface area contributed by atoms with E-state index in [1.807, 2.05) is 12.1 Å². The number of nitrogens with one attached hydrogen (secondary N) is 1. The molecular formula is C16H20BrN3. The molecule has 2 aromatic rings. The molecule has 1 aromatic carbocycles. The topological polar surface area (TPSA) is 50.9 Å². The average molecular weight is 334 g/mol. The Balaban J connectivity index is 2.16. The van der Waals surface area contributed by atoms with Gasteiger partial charge in [-0.3, -0.25) is 0 Å². The van der Waals surface area contributed by atoms with Crippen LogP contribution in [0.15, 0.2) is 47.1 Å². The van der Waals surface area contributed by atoms with Crippen molar-refractivity contribution in [2.45, 2.75) is 25.8 Å². The molecule has 0 amide bonds. The predicted octanol–water partition coefficient (Wildman–Crippen LogP) is 3.71. The molecule has 0 aliphatic rings. The lowest BCUT2D eigenvalue weighted by atomic mass is 9.99. The van der Waals surface area contributed by atoms with Gasteiger partial charge < -0.3 is 11.1 Å². The zero-order valence-corrected chi connectivity index (χ0v) is 13.2. The van der Waals surface area contributed by atoms with E-state index in [-0.39, 0.29) is 0 Å². The van der Waals surface area contributed by atoms with Crippen molar-refractivity contribution in [1.82, 2.24) is 10.3 Å². The lowest BCUT2D eigenvalue weighted by Gasteiger charge is -2.19. The van der Waals surface area contributed by atoms with Gasteiger partial charge in [-0.15, -0.1) is 0 Å². The third-order valence-electron chi connectivity index (χ3n) is 3.20. The molecule has 4 heteroatoms. The standard InChI is InChI=1S/C16H20BrN3/c1-2-8-19-15(13-3-5-14(17)6-4-13)10-12-7-9-20-16(18)11-12/h3-7,9,11,15,19H,2,8,10H2,1H3,(H2,18,20). The second-order valence-electron chi connectivity index (χ2n) is 4.85. The van der Waals surface area contributed by atoms with Crippen molar-refractivity contribution in [3.05, 3.63) is 58.2 Å². The van der Waals surface area contributed by atoms with Crippen LogP contribution in [-0.2, 0) is 6.42 Å². The minimum atomic E-state index is 0.296. The van der Waals surface area contributed by atoms with Gasteiger partial charge in [-0.1, -0.05) is 35.0 Å². The summed E-state index contributed by atoms with van der Waals surface area (Å²) in [5.74, 6) is 0.576. The molecule has 20 heavy (non-hydrogen) atoms. The first-order valence-corrected chi connectivity index (χ1v) is 7.67. The van der Waals surface area contributed by atoms with Crippen molar-refractivity contribution in [2.75, 3.05) is 12.3 Å². The Morgan fingerprint density at radius 2 is 2.00 bits per heavy atom. The number of benzene rings is 1. The van der Waals surface area contributed by atoms with Gasteiger partial charge in [0.2, 0.25) is 0 Å². The van der Waals surface area contributed by atoms with Gasteiger partial charge in [0.25, 0.3) is 0 Å². The maximum Gasteiger partial charge on any atom is 0.123 e. The van der Waals surface area contributed by atoms with Gasteiger partial charge >= 0.3 is 0 Å². The van der Waals surface area contributed by atoms with Crippen LogP contribution in [-0.4, -0.2) is 11.5 Å². The van der Waals surface area contributed by atoms with Crippen LogP contribution in [0, 0.1) is 0 Å². The number of halogens is 1. The SMILES string of the molecule is CCCNC(Cc1ccnc(N)c1)c1ccc(Br)cc1. The summed E-state index contributed by atoms with van der Waals surface area (Å²) in [6.07, 6.45) is 3.79. The number of nitrogen functional groups attached to an aromatic ring is 1. The second kappa shape index (κ2) is 7.41. The van der Waals surface area contributed by atoms with E-state index in [0.29, 0.717) is 11.9 Å². The lowest BCUT2D eigenvalue weighted by molar-refractivity contribution is 0.529. The monoisotopic (exact) mass is 333 g/mol. The second-order valence-corrected chi connectivity index (χ2v) is 5.77. The van der Waals surface area contributed by atoms with Gasteiger partial charge in [0.05, 0.1) is 0 Å². The fraction of sp³-hybridized carbons (Fsp3) is 0.312. The maximum absolute atomic E-state index is 5.76. The highest BCUT2D eigenvalue weighted by atomic mass is 79.9. The van der Waals surface area contributed by atoms with Gasteiger partial charge in [-0.25, -0.2) is 4.98 Å². The van der Waals surface area contributed by atoms with Crippen molar-refractivity contribution < 1.29 is 0 Å². The molecule has 0 aliphatic carbocycles. The number of nitrogens with zero attached hydrogens (tertiary/aromatic N) is 1. The Hall–Kier alpha value is -1.39. The molecule has 2 rings (SSSR count). The van der Waals surface area contributed by atoms with Crippen molar-refractivity contribution in [3.8, 4) is 0 Å². The smallest absolute Gasteiger partial charge is 0.123 e. The van der Waals surface area contributed by atoms with Crippen LogP contribution in [0.5, 0.6) is 0 Å². The summed E-state index contributed by atoms with van der Waals surface area (Å²) in [7, 11) is 0. The number of aromatic nitrogens is 1. The molecule has 0 aliphatic heterocycles. The number of nitrogens with two attached hydrogens (primary N) is 1. The molecule has 3 N–H and O–H groups in total. The summed E-state index contributed by atoms with van der Waals surface area (Å²) in [5, 5.41) is 3.60. The van der Waals surface area contributed by atoms with E-state index in [9.17, 15) is 0 Å². The molecule has 106 valence electrons. The summed E-state index contributed by atoms with van der Waals surface area (Å²) in [4.78, 5) is 4.04. The third kappa shape index (κ3) is 4.32. The summed E-state index contributed by atoms with van der Waals surface area (Å²) < 4.78 is 1.10. The van der Waals surface area contributed by atoms with Crippen molar-refractivity contribution >= 4 is 21.7 Å². The Kier molecular flexibility index (Phi) is 5.56. The summed E-state index contributed by atoms with van der Waals surface area (Å²) in [6, 6.07) is 12.7. The highest BCUT2D eigenvalue weighted by Crippen LogP contribution is 2.21. The zero-order chi connectivity index (χ0) is 14.4. The molecular weight excluding hydrogens is 314 g/mol. The number of anilines is 1. The molecule has 0 saturated heterocycles. The first-order valence-electron chi connectivity index (χ1n) is 6.88. The fourth-order valence-corrected chi connectivity index (χ4v) is 2.44. The molecule has 1 atom stereocenters. The van der Waals surface area contributed by atoms with Crippen molar-refractivity contribution in [2.24, 2.45) is 0 Å². The number of rotatable bonds is 6. The largest absolute Gasteiger partial charge is 0.384 e. The van der Waals surface area contributed by atoms with Crippen LogP contribution in [0.2, 0.25) is 0 Å². The van der Waals surface area contributed by atoms with Gasteiger partial charge in [-0.2, -0.15) is 0 Å². The molecule has 0 bridgehead atoms. The molecule has 3 nitrogen and oxygen atoms in total. The zero-order valence-electron chi connectivity index (χ0n) is 11.6. The van der Waals surface area contributed by atoms with Crippen LogP contribution >= 0.6 is 15.9 Å². The predicted molar refractivity (Wildman–Crippen MR) is 87.5 cm³/mol. The first-order chi connectivity index (χ1) is 9.69. The molecule has 1 aromatic heterocycles. The number of pyridine rings is 1. The first kappa shape index (κ1) is 15.0.